The third-order valence-corrected chi connectivity index (χ3v) is 4.19. The maximum absolute atomic E-state index is 5.44. The van der Waals surface area contributed by atoms with Crippen molar-refractivity contribution < 1.29 is 4.74 Å². The van der Waals surface area contributed by atoms with Crippen molar-refractivity contribution in [2.75, 3.05) is 32.8 Å². The summed E-state index contributed by atoms with van der Waals surface area (Å²) in [4.78, 5) is 4.05. The van der Waals surface area contributed by atoms with Crippen molar-refractivity contribution in [1.82, 2.24) is 4.90 Å². The summed E-state index contributed by atoms with van der Waals surface area (Å²) in [5.74, 6) is 0. The van der Waals surface area contributed by atoms with Crippen molar-refractivity contribution in [3.05, 3.63) is 21.9 Å². The molecule has 0 aromatic carbocycles. The molecule has 0 saturated heterocycles. The van der Waals surface area contributed by atoms with Crippen LogP contribution >= 0.6 is 11.3 Å². The van der Waals surface area contributed by atoms with Gasteiger partial charge in [-0.25, -0.2) is 0 Å². The average Bonchev–Trinajstić information content (AvgIpc) is 2.76. The molecular formula is C12H20N2OS. The standard InChI is InChI=1S/C12H20N2OS/c1-10-11-3-9-16-12(11)2-5-14(10)6-8-15-7-4-13/h3,9-10H,2,4-8,13H2,1H3. The Kier molecular flexibility index (Phi) is 4.35. The Balaban J connectivity index is 1.84. The number of hydrogen-bond acceptors (Lipinski definition) is 4. The van der Waals surface area contributed by atoms with E-state index in [-0.39, 0.29) is 0 Å². The molecule has 0 radical (unpaired) electrons. The van der Waals surface area contributed by atoms with Gasteiger partial charge in [-0.2, -0.15) is 0 Å². The van der Waals surface area contributed by atoms with Crippen LogP contribution in [0, 0.1) is 0 Å². The van der Waals surface area contributed by atoms with Crippen LogP contribution in [0.5, 0.6) is 0 Å². The maximum atomic E-state index is 5.44. The molecule has 1 aliphatic heterocycles. The van der Waals surface area contributed by atoms with Gasteiger partial charge in [0.2, 0.25) is 0 Å². The Labute approximate surface area is 101 Å². The van der Waals surface area contributed by atoms with E-state index in [1.54, 1.807) is 4.88 Å². The summed E-state index contributed by atoms with van der Waals surface area (Å²) in [6.45, 7) is 6.53. The second kappa shape index (κ2) is 5.77. The molecule has 4 heteroatoms. The highest BCUT2D eigenvalue weighted by Crippen LogP contribution is 2.32. The van der Waals surface area contributed by atoms with Gasteiger partial charge in [0.1, 0.15) is 0 Å². The monoisotopic (exact) mass is 240 g/mol. The molecule has 0 spiro atoms. The molecule has 0 amide bonds. The first kappa shape index (κ1) is 12.0. The van der Waals surface area contributed by atoms with Crippen LogP contribution in [-0.4, -0.2) is 37.7 Å². The molecule has 1 atom stereocenters. The van der Waals surface area contributed by atoms with Crippen molar-refractivity contribution >= 4 is 11.3 Å². The summed E-state index contributed by atoms with van der Waals surface area (Å²) in [5, 5.41) is 2.20. The van der Waals surface area contributed by atoms with Gasteiger partial charge >= 0.3 is 0 Å². The van der Waals surface area contributed by atoms with Crippen LogP contribution in [0.1, 0.15) is 23.4 Å². The average molecular weight is 240 g/mol. The van der Waals surface area contributed by atoms with Gasteiger partial charge in [0.05, 0.1) is 13.2 Å². The third kappa shape index (κ3) is 2.63. The van der Waals surface area contributed by atoms with Crippen molar-refractivity contribution in [2.45, 2.75) is 19.4 Å². The smallest absolute Gasteiger partial charge is 0.0594 e. The summed E-state index contributed by atoms with van der Waals surface area (Å²) in [5.41, 5.74) is 6.90. The van der Waals surface area contributed by atoms with Crippen molar-refractivity contribution in [1.29, 1.82) is 0 Å². The van der Waals surface area contributed by atoms with E-state index in [1.165, 1.54) is 12.0 Å². The van der Waals surface area contributed by atoms with Crippen LogP contribution in [0.4, 0.5) is 0 Å². The summed E-state index contributed by atoms with van der Waals surface area (Å²) in [7, 11) is 0. The lowest BCUT2D eigenvalue weighted by Gasteiger charge is -2.33. The van der Waals surface area contributed by atoms with Gasteiger partial charge in [0, 0.05) is 30.6 Å². The number of nitrogens with zero attached hydrogens (tertiary/aromatic N) is 1. The lowest BCUT2D eigenvalue weighted by Crippen LogP contribution is -2.35. The minimum atomic E-state index is 0.538. The summed E-state index contributed by atoms with van der Waals surface area (Å²) in [6.07, 6.45) is 1.19. The Morgan fingerprint density at radius 2 is 2.44 bits per heavy atom. The predicted octanol–water partition coefficient (Wildman–Crippen LogP) is 1.64. The fraction of sp³-hybridized carbons (Fsp3) is 0.667. The molecule has 0 saturated carbocycles. The Morgan fingerprint density at radius 1 is 1.56 bits per heavy atom. The lowest BCUT2D eigenvalue weighted by atomic mass is 10.0. The second-order valence-electron chi connectivity index (χ2n) is 4.16. The third-order valence-electron chi connectivity index (χ3n) is 3.19. The van der Waals surface area contributed by atoms with Gasteiger partial charge in [-0.1, -0.05) is 0 Å². The molecule has 0 bridgehead atoms. The number of rotatable bonds is 5. The molecule has 90 valence electrons. The van der Waals surface area contributed by atoms with Crippen LogP contribution in [0.3, 0.4) is 0 Å². The van der Waals surface area contributed by atoms with Gasteiger partial charge in [0.25, 0.3) is 0 Å². The number of fused-ring (bicyclic) bond motifs is 1. The van der Waals surface area contributed by atoms with E-state index in [0.29, 0.717) is 19.2 Å². The van der Waals surface area contributed by atoms with Crippen LogP contribution in [0.2, 0.25) is 0 Å². The number of ether oxygens (including phenoxy) is 1. The first-order valence-corrected chi connectivity index (χ1v) is 6.79. The van der Waals surface area contributed by atoms with Gasteiger partial charge in [-0.15, -0.1) is 11.3 Å². The minimum Gasteiger partial charge on any atom is -0.379 e. The Hall–Kier alpha value is -0.420. The van der Waals surface area contributed by atoms with E-state index in [9.17, 15) is 0 Å². The van der Waals surface area contributed by atoms with E-state index in [4.69, 9.17) is 10.5 Å². The zero-order chi connectivity index (χ0) is 11.4. The van der Waals surface area contributed by atoms with E-state index in [0.717, 1.165) is 19.7 Å². The Morgan fingerprint density at radius 3 is 3.25 bits per heavy atom. The van der Waals surface area contributed by atoms with Gasteiger partial charge in [-0.05, 0) is 30.4 Å². The van der Waals surface area contributed by atoms with E-state index in [2.05, 4.69) is 23.3 Å². The van der Waals surface area contributed by atoms with Crippen LogP contribution in [0.25, 0.3) is 0 Å². The zero-order valence-electron chi connectivity index (χ0n) is 9.82. The number of hydrogen-bond donors (Lipinski definition) is 1. The van der Waals surface area contributed by atoms with Gasteiger partial charge < -0.3 is 10.5 Å². The highest BCUT2D eigenvalue weighted by molar-refractivity contribution is 7.10. The topological polar surface area (TPSA) is 38.5 Å². The molecule has 3 nitrogen and oxygen atoms in total. The number of nitrogens with two attached hydrogens (primary N) is 1. The highest BCUT2D eigenvalue weighted by Gasteiger charge is 2.23. The molecule has 2 N–H and O–H groups in total. The van der Waals surface area contributed by atoms with Crippen molar-refractivity contribution in [3.63, 3.8) is 0 Å². The molecule has 2 rings (SSSR count). The van der Waals surface area contributed by atoms with Crippen molar-refractivity contribution in [3.8, 4) is 0 Å². The maximum Gasteiger partial charge on any atom is 0.0594 e. The summed E-state index contributed by atoms with van der Waals surface area (Å²) >= 11 is 1.89. The Bertz CT molecular complexity index is 327. The quantitative estimate of drug-likeness (QED) is 0.795. The SMILES string of the molecule is CC1c2ccsc2CCN1CCOCCN. The van der Waals surface area contributed by atoms with E-state index >= 15 is 0 Å². The molecule has 16 heavy (non-hydrogen) atoms. The molecule has 0 fully saturated rings. The number of thiophene rings is 1. The molecule has 1 aromatic rings. The largest absolute Gasteiger partial charge is 0.379 e. The van der Waals surface area contributed by atoms with Crippen molar-refractivity contribution in [2.24, 2.45) is 5.73 Å². The first-order chi connectivity index (χ1) is 7.83. The zero-order valence-corrected chi connectivity index (χ0v) is 10.6. The molecule has 0 aliphatic carbocycles. The fourth-order valence-corrected chi connectivity index (χ4v) is 3.20. The predicted molar refractivity (Wildman–Crippen MR) is 67.9 cm³/mol. The minimum absolute atomic E-state index is 0.538. The summed E-state index contributed by atoms with van der Waals surface area (Å²) in [6, 6.07) is 2.80. The first-order valence-electron chi connectivity index (χ1n) is 5.91. The van der Waals surface area contributed by atoms with Gasteiger partial charge in [0.15, 0.2) is 0 Å². The molecule has 1 unspecified atom stereocenters. The fourth-order valence-electron chi connectivity index (χ4n) is 2.23. The van der Waals surface area contributed by atoms with Crippen LogP contribution in [-0.2, 0) is 11.2 Å². The molecule has 1 aliphatic rings. The summed E-state index contributed by atoms with van der Waals surface area (Å²) < 4.78 is 5.44. The highest BCUT2D eigenvalue weighted by atomic mass is 32.1. The van der Waals surface area contributed by atoms with Gasteiger partial charge in [-0.3, -0.25) is 4.90 Å². The molecule has 1 aromatic heterocycles. The van der Waals surface area contributed by atoms with E-state index in [1.807, 2.05) is 11.3 Å². The van der Waals surface area contributed by atoms with Crippen LogP contribution in [0.15, 0.2) is 11.4 Å². The normalized spacial score (nSPS) is 21.0. The lowest BCUT2D eigenvalue weighted by molar-refractivity contribution is 0.0911. The molecular weight excluding hydrogens is 220 g/mol. The van der Waals surface area contributed by atoms with Crippen LogP contribution < -0.4 is 5.73 Å². The molecule has 2 heterocycles. The second-order valence-corrected chi connectivity index (χ2v) is 5.16. The van der Waals surface area contributed by atoms with E-state index < -0.39 is 0 Å².